The smallest absolute Gasteiger partial charge is 0.309 e. The van der Waals surface area contributed by atoms with Gasteiger partial charge in [0.05, 0.1) is 9.89 Å². The number of carboxylic acids is 1. The minimum absolute atomic E-state index is 0.0874. The van der Waals surface area contributed by atoms with E-state index in [1.165, 1.54) is 12.1 Å². The van der Waals surface area contributed by atoms with Crippen LogP contribution in [0.15, 0.2) is 16.6 Å². The molecule has 0 aromatic heterocycles. The summed E-state index contributed by atoms with van der Waals surface area (Å²) in [5, 5.41) is 9.60. The first-order chi connectivity index (χ1) is 9.89. The molecule has 0 radical (unpaired) electrons. The molecule has 0 aliphatic heterocycles. The topological polar surface area (TPSA) is 37.3 Å². The van der Waals surface area contributed by atoms with Gasteiger partial charge in [-0.2, -0.15) is 0 Å². The van der Waals surface area contributed by atoms with E-state index in [-0.39, 0.29) is 16.5 Å². The van der Waals surface area contributed by atoms with Crippen molar-refractivity contribution in [2.75, 3.05) is 0 Å². The van der Waals surface area contributed by atoms with Crippen molar-refractivity contribution in [3.63, 3.8) is 0 Å². The van der Waals surface area contributed by atoms with Gasteiger partial charge in [0.15, 0.2) is 0 Å². The van der Waals surface area contributed by atoms with E-state index < -0.39 is 23.0 Å². The lowest BCUT2D eigenvalue weighted by molar-refractivity contribution is -0.151. The number of benzene rings is 1. The Kier molecular flexibility index (Phi) is 5.02. The van der Waals surface area contributed by atoms with Crippen LogP contribution in [0.1, 0.15) is 44.6 Å². The van der Waals surface area contributed by atoms with Crippen LogP contribution < -0.4 is 0 Å². The van der Waals surface area contributed by atoms with Gasteiger partial charge < -0.3 is 5.11 Å². The molecule has 0 heterocycles. The van der Waals surface area contributed by atoms with E-state index in [4.69, 9.17) is 0 Å². The Labute approximate surface area is 131 Å². The molecule has 0 bridgehead atoms. The molecule has 2 nitrogen and oxygen atoms in total. The van der Waals surface area contributed by atoms with Gasteiger partial charge >= 0.3 is 5.97 Å². The largest absolute Gasteiger partial charge is 0.481 e. The van der Waals surface area contributed by atoms with Gasteiger partial charge in [0, 0.05) is 5.56 Å². The number of halogens is 3. The molecule has 116 valence electrons. The van der Waals surface area contributed by atoms with Crippen LogP contribution >= 0.6 is 15.9 Å². The summed E-state index contributed by atoms with van der Waals surface area (Å²) in [5.41, 5.74) is -1.17. The minimum atomic E-state index is -1.05. The molecular formula is C16H19BrF2O2. The van der Waals surface area contributed by atoms with E-state index in [1.54, 1.807) is 0 Å². The zero-order chi connectivity index (χ0) is 15.6. The number of aliphatic carboxylic acids is 1. The Hall–Kier alpha value is -0.970. The Morgan fingerprint density at radius 3 is 2.52 bits per heavy atom. The fourth-order valence-corrected chi connectivity index (χ4v) is 3.55. The molecule has 5 heteroatoms. The molecule has 1 saturated carbocycles. The summed E-state index contributed by atoms with van der Waals surface area (Å²) < 4.78 is 28.2. The summed E-state index contributed by atoms with van der Waals surface area (Å²) >= 11 is 3.03. The highest BCUT2D eigenvalue weighted by molar-refractivity contribution is 9.10. The first kappa shape index (κ1) is 16.4. The molecule has 0 saturated heterocycles. The van der Waals surface area contributed by atoms with Gasteiger partial charge in [-0.15, -0.1) is 0 Å². The predicted molar refractivity (Wildman–Crippen MR) is 80.1 cm³/mol. The minimum Gasteiger partial charge on any atom is -0.481 e. The summed E-state index contributed by atoms with van der Waals surface area (Å²) in [4.78, 5) is 11.7. The number of hydrogen-bond donors (Lipinski definition) is 1. The number of carbonyl (C=O) groups is 1. The van der Waals surface area contributed by atoms with Crippen LogP contribution in [0, 0.1) is 23.0 Å². The second-order valence-electron chi connectivity index (χ2n) is 5.94. The van der Waals surface area contributed by atoms with Crippen LogP contribution in [0.3, 0.4) is 0 Å². The predicted octanol–water partition coefficient (Wildman–Crippen LogP) is 4.94. The molecule has 0 amide bonds. The van der Waals surface area contributed by atoms with Gasteiger partial charge in [-0.3, -0.25) is 4.79 Å². The first-order valence-corrected chi connectivity index (χ1v) is 8.04. The average Bonchev–Trinajstić information content (AvgIpc) is 2.48. The summed E-state index contributed by atoms with van der Waals surface area (Å²) in [6.07, 6.45) is 3.50. The lowest BCUT2D eigenvalue weighted by Gasteiger charge is -2.37. The van der Waals surface area contributed by atoms with E-state index in [1.807, 2.05) is 0 Å². The molecule has 0 unspecified atom stereocenters. The standard InChI is InChI=1S/C16H19BrF2O2/c1-2-10-5-7-16(8-6-10,15(20)21)9-11-13(18)4-3-12(17)14(11)19/h3-4,10H,2,5-9H2,1H3,(H,20,21). The van der Waals surface area contributed by atoms with Crippen molar-refractivity contribution in [1.82, 2.24) is 0 Å². The third-order valence-corrected chi connectivity index (χ3v) is 5.36. The van der Waals surface area contributed by atoms with Crippen LogP contribution in [0.4, 0.5) is 8.78 Å². The van der Waals surface area contributed by atoms with Gasteiger partial charge in [-0.1, -0.05) is 13.3 Å². The number of hydrogen-bond acceptors (Lipinski definition) is 1. The maximum atomic E-state index is 14.1. The van der Waals surface area contributed by atoms with E-state index >= 15 is 0 Å². The molecule has 21 heavy (non-hydrogen) atoms. The summed E-state index contributed by atoms with van der Waals surface area (Å²) in [7, 11) is 0. The van der Waals surface area contributed by atoms with Crippen molar-refractivity contribution >= 4 is 21.9 Å². The zero-order valence-corrected chi connectivity index (χ0v) is 13.6. The van der Waals surface area contributed by atoms with Gasteiger partial charge in [0.1, 0.15) is 11.6 Å². The van der Waals surface area contributed by atoms with Crippen LogP contribution in [0.5, 0.6) is 0 Å². The van der Waals surface area contributed by atoms with E-state index in [9.17, 15) is 18.7 Å². The average molecular weight is 361 g/mol. The zero-order valence-electron chi connectivity index (χ0n) is 12.0. The van der Waals surface area contributed by atoms with E-state index in [0.717, 1.165) is 19.3 Å². The highest BCUT2D eigenvalue weighted by atomic mass is 79.9. The quantitative estimate of drug-likeness (QED) is 0.772. The molecule has 1 aromatic carbocycles. The van der Waals surface area contributed by atoms with E-state index in [0.29, 0.717) is 18.8 Å². The van der Waals surface area contributed by atoms with Gasteiger partial charge in [-0.05, 0) is 66.1 Å². The fraction of sp³-hybridized carbons (Fsp3) is 0.562. The lowest BCUT2D eigenvalue weighted by Crippen LogP contribution is -2.38. The van der Waals surface area contributed by atoms with Crippen LogP contribution in [-0.4, -0.2) is 11.1 Å². The third kappa shape index (κ3) is 3.28. The third-order valence-electron chi connectivity index (χ3n) is 4.75. The Morgan fingerprint density at radius 2 is 2.00 bits per heavy atom. The second kappa shape index (κ2) is 6.42. The first-order valence-electron chi connectivity index (χ1n) is 7.25. The molecule has 1 aliphatic rings. The number of rotatable bonds is 4. The molecule has 0 atom stereocenters. The highest BCUT2D eigenvalue weighted by Crippen LogP contribution is 2.43. The normalized spacial score (nSPS) is 25.8. The molecular weight excluding hydrogens is 342 g/mol. The maximum absolute atomic E-state index is 14.1. The van der Waals surface area contributed by atoms with E-state index in [2.05, 4.69) is 22.9 Å². The van der Waals surface area contributed by atoms with Crippen molar-refractivity contribution in [2.24, 2.45) is 11.3 Å². The highest BCUT2D eigenvalue weighted by Gasteiger charge is 2.42. The SMILES string of the molecule is CCC1CCC(Cc2c(F)ccc(Br)c2F)(C(=O)O)CC1. The van der Waals surface area contributed by atoms with Gasteiger partial charge in [0.25, 0.3) is 0 Å². The molecule has 1 N–H and O–H groups in total. The Balaban J connectivity index is 2.30. The monoisotopic (exact) mass is 360 g/mol. The van der Waals surface area contributed by atoms with Crippen molar-refractivity contribution in [1.29, 1.82) is 0 Å². The van der Waals surface area contributed by atoms with Crippen molar-refractivity contribution < 1.29 is 18.7 Å². The summed E-state index contributed by atoms with van der Waals surface area (Å²) in [6, 6.07) is 2.48. The summed E-state index contributed by atoms with van der Waals surface area (Å²) in [5.74, 6) is -1.78. The van der Waals surface area contributed by atoms with Crippen LogP contribution in [0.25, 0.3) is 0 Å². The molecule has 2 rings (SSSR count). The lowest BCUT2D eigenvalue weighted by atomic mass is 9.67. The van der Waals surface area contributed by atoms with Crippen molar-refractivity contribution in [2.45, 2.75) is 45.4 Å². The summed E-state index contributed by atoms with van der Waals surface area (Å²) in [6.45, 7) is 2.09. The van der Waals surface area contributed by atoms with Crippen LogP contribution in [-0.2, 0) is 11.2 Å². The maximum Gasteiger partial charge on any atom is 0.309 e. The molecule has 1 aliphatic carbocycles. The van der Waals surface area contributed by atoms with Crippen molar-refractivity contribution in [3.05, 3.63) is 33.8 Å². The second-order valence-corrected chi connectivity index (χ2v) is 6.79. The Bertz CT molecular complexity index is 537. The van der Waals surface area contributed by atoms with Crippen LogP contribution in [0.2, 0.25) is 0 Å². The molecule has 1 aromatic rings. The number of carboxylic acid groups (broad SMARTS) is 1. The fourth-order valence-electron chi connectivity index (χ4n) is 3.17. The molecule has 0 spiro atoms. The Morgan fingerprint density at radius 1 is 1.38 bits per heavy atom. The molecule has 1 fully saturated rings. The van der Waals surface area contributed by atoms with Gasteiger partial charge in [0.2, 0.25) is 0 Å². The van der Waals surface area contributed by atoms with Crippen molar-refractivity contribution in [3.8, 4) is 0 Å². The van der Waals surface area contributed by atoms with Gasteiger partial charge in [-0.25, -0.2) is 8.78 Å².